The number of benzene rings is 1. The zero-order valence-electron chi connectivity index (χ0n) is 15.7. The predicted octanol–water partition coefficient (Wildman–Crippen LogP) is 6.91. The molecule has 2 aliphatic rings. The lowest BCUT2D eigenvalue weighted by molar-refractivity contribution is -0.274. The predicted molar refractivity (Wildman–Crippen MR) is 102 cm³/mol. The fourth-order valence-electron chi connectivity index (χ4n) is 5.26. The summed E-state index contributed by atoms with van der Waals surface area (Å²) in [5.41, 5.74) is 1.18. The monoisotopic (exact) mass is 384 g/mol. The molecule has 2 fully saturated rings. The summed E-state index contributed by atoms with van der Waals surface area (Å²) < 4.78 is 40.9. The molecule has 3 rings (SSSR count). The molecular formula is C21H31F3OSi. The van der Waals surface area contributed by atoms with Crippen LogP contribution in [-0.2, 0) is 0 Å². The van der Waals surface area contributed by atoms with E-state index < -0.39 is 15.2 Å². The van der Waals surface area contributed by atoms with Crippen molar-refractivity contribution >= 4 is 8.80 Å². The molecule has 1 aliphatic heterocycles. The molecule has 1 aliphatic carbocycles. The molecule has 0 amide bonds. The number of hydrogen-bond acceptors (Lipinski definition) is 1. The van der Waals surface area contributed by atoms with Gasteiger partial charge in [-0.25, -0.2) is 0 Å². The van der Waals surface area contributed by atoms with Gasteiger partial charge in [0, 0.05) is 8.80 Å². The topological polar surface area (TPSA) is 9.23 Å². The summed E-state index contributed by atoms with van der Waals surface area (Å²) in [6, 6.07) is 11.2. The molecule has 26 heavy (non-hydrogen) atoms. The van der Waals surface area contributed by atoms with Crippen LogP contribution >= 0.6 is 0 Å². The zero-order chi connectivity index (χ0) is 18.6. The minimum Gasteiger partial charge on any atom is -0.406 e. The van der Waals surface area contributed by atoms with Crippen LogP contribution < -0.4 is 4.74 Å². The van der Waals surface area contributed by atoms with E-state index in [0.717, 1.165) is 18.3 Å². The Hall–Kier alpha value is -0.973. The SMILES string of the molecule is CCC[SiH]1CCC([C@@H]2CCCC(c3ccc(OC(F)(F)F)cc3)C2)CC1. The third-order valence-electron chi connectivity index (χ3n) is 6.55. The van der Waals surface area contributed by atoms with Crippen molar-refractivity contribution in [1.82, 2.24) is 0 Å². The van der Waals surface area contributed by atoms with Gasteiger partial charge in [-0.3, -0.25) is 0 Å². The number of alkyl halides is 3. The minimum absolute atomic E-state index is 0.118. The summed E-state index contributed by atoms with van der Waals surface area (Å²) in [4.78, 5) is 0. The van der Waals surface area contributed by atoms with Crippen molar-refractivity contribution < 1.29 is 17.9 Å². The van der Waals surface area contributed by atoms with Crippen molar-refractivity contribution in [2.45, 2.75) is 82.3 Å². The maximum absolute atomic E-state index is 12.3. The van der Waals surface area contributed by atoms with Gasteiger partial charge < -0.3 is 4.74 Å². The molecule has 0 spiro atoms. The second kappa shape index (κ2) is 8.81. The van der Waals surface area contributed by atoms with Gasteiger partial charge >= 0.3 is 6.36 Å². The molecule has 5 heteroatoms. The van der Waals surface area contributed by atoms with Gasteiger partial charge in [0.25, 0.3) is 0 Å². The molecule has 0 N–H and O–H groups in total. The van der Waals surface area contributed by atoms with Crippen molar-refractivity contribution in [1.29, 1.82) is 0 Å². The fraction of sp³-hybridized carbons (Fsp3) is 0.714. The standard InChI is InChI=1S/C21H31F3OSi/c1-2-12-26-13-10-17(11-14-26)19-5-3-4-18(15-19)16-6-8-20(9-7-16)25-21(22,23)24/h6-9,17-19,26H,2-5,10-15H2,1H3/t17?,18?,19-,26?/m1/s1. The van der Waals surface area contributed by atoms with Crippen molar-refractivity contribution in [2.75, 3.05) is 0 Å². The second-order valence-corrected chi connectivity index (χ2v) is 11.8. The van der Waals surface area contributed by atoms with Crippen LogP contribution in [0.4, 0.5) is 13.2 Å². The van der Waals surface area contributed by atoms with Crippen LogP contribution in [0.15, 0.2) is 24.3 Å². The van der Waals surface area contributed by atoms with Crippen molar-refractivity contribution in [3.05, 3.63) is 29.8 Å². The maximum Gasteiger partial charge on any atom is 0.573 e. The highest BCUT2D eigenvalue weighted by Gasteiger charge is 2.33. The van der Waals surface area contributed by atoms with Crippen LogP contribution in [0.5, 0.6) is 5.75 Å². The highest BCUT2D eigenvalue weighted by Crippen LogP contribution is 2.44. The van der Waals surface area contributed by atoms with Gasteiger partial charge in [0.1, 0.15) is 5.75 Å². The summed E-state index contributed by atoms with van der Waals surface area (Å²) in [6.07, 6.45) is 4.59. The summed E-state index contributed by atoms with van der Waals surface area (Å²) >= 11 is 0. The average molecular weight is 385 g/mol. The Morgan fingerprint density at radius 1 is 1.00 bits per heavy atom. The summed E-state index contributed by atoms with van der Waals surface area (Å²) in [7, 11) is -0.424. The Bertz CT molecular complexity index is 549. The summed E-state index contributed by atoms with van der Waals surface area (Å²) in [5.74, 6) is 2.09. The number of ether oxygens (including phenoxy) is 1. The lowest BCUT2D eigenvalue weighted by atomic mass is 9.71. The smallest absolute Gasteiger partial charge is 0.406 e. The van der Waals surface area contributed by atoms with Gasteiger partial charge in [-0.1, -0.05) is 69.3 Å². The van der Waals surface area contributed by atoms with Crippen LogP contribution in [0.2, 0.25) is 18.1 Å². The van der Waals surface area contributed by atoms with E-state index in [4.69, 9.17) is 0 Å². The third-order valence-corrected chi connectivity index (χ3v) is 10.2. The molecule has 1 aromatic rings. The van der Waals surface area contributed by atoms with Crippen LogP contribution in [0.1, 0.15) is 63.4 Å². The maximum atomic E-state index is 12.3. The van der Waals surface area contributed by atoms with Crippen molar-refractivity contribution in [3.63, 3.8) is 0 Å². The highest BCUT2D eigenvalue weighted by atomic mass is 28.3. The number of rotatable bonds is 5. The molecule has 0 radical (unpaired) electrons. The van der Waals surface area contributed by atoms with E-state index in [9.17, 15) is 13.2 Å². The van der Waals surface area contributed by atoms with E-state index in [0.29, 0.717) is 5.92 Å². The molecule has 1 heterocycles. The lowest BCUT2D eigenvalue weighted by Gasteiger charge is -2.38. The third kappa shape index (κ3) is 5.51. The largest absolute Gasteiger partial charge is 0.573 e. The first-order chi connectivity index (χ1) is 12.4. The van der Waals surface area contributed by atoms with Crippen LogP contribution in [0.3, 0.4) is 0 Å². The second-order valence-electron chi connectivity index (χ2n) is 8.31. The number of hydrogen-bond donors (Lipinski definition) is 0. The Kier molecular flexibility index (Phi) is 6.70. The molecular weight excluding hydrogens is 353 g/mol. The Morgan fingerprint density at radius 2 is 1.69 bits per heavy atom. The normalized spacial score (nSPS) is 30.2. The lowest BCUT2D eigenvalue weighted by Crippen LogP contribution is -2.28. The molecule has 146 valence electrons. The molecule has 0 bridgehead atoms. The molecule has 1 nitrogen and oxygen atoms in total. The van der Waals surface area contributed by atoms with E-state index in [-0.39, 0.29) is 5.75 Å². The Labute approximate surface area is 156 Å². The van der Waals surface area contributed by atoms with Crippen LogP contribution in [0, 0.1) is 11.8 Å². The van der Waals surface area contributed by atoms with E-state index in [1.807, 2.05) is 12.1 Å². The van der Waals surface area contributed by atoms with Crippen molar-refractivity contribution in [2.24, 2.45) is 11.8 Å². The minimum atomic E-state index is -4.61. The molecule has 2 atom stereocenters. The fourth-order valence-corrected chi connectivity index (χ4v) is 8.74. The van der Waals surface area contributed by atoms with Gasteiger partial charge in [-0.15, -0.1) is 13.2 Å². The first-order valence-electron chi connectivity index (χ1n) is 10.3. The Balaban J connectivity index is 1.55. The van der Waals surface area contributed by atoms with Crippen molar-refractivity contribution in [3.8, 4) is 5.75 Å². The Morgan fingerprint density at radius 3 is 2.31 bits per heavy atom. The van der Waals surface area contributed by atoms with E-state index in [1.165, 1.54) is 74.4 Å². The van der Waals surface area contributed by atoms with Gasteiger partial charge in [-0.2, -0.15) is 0 Å². The molecule has 1 saturated carbocycles. The zero-order valence-corrected chi connectivity index (χ0v) is 16.9. The number of halogens is 3. The van der Waals surface area contributed by atoms with Gasteiger partial charge in [-0.05, 0) is 48.3 Å². The highest BCUT2D eigenvalue weighted by molar-refractivity contribution is 6.58. The first kappa shape index (κ1) is 19.8. The van der Waals surface area contributed by atoms with Gasteiger partial charge in [0.05, 0.1) is 0 Å². The molecule has 1 aromatic carbocycles. The van der Waals surface area contributed by atoms with Gasteiger partial charge in [0.2, 0.25) is 0 Å². The summed E-state index contributed by atoms with van der Waals surface area (Å²) in [6.45, 7) is 2.32. The molecule has 1 unspecified atom stereocenters. The van der Waals surface area contributed by atoms with E-state index in [1.54, 1.807) is 0 Å². The molecule has 0 aromatic heterocycles. The van der Waals surface area contributed by atoms with Crippen LogP contribution in [0.25, 0.3) is 0 Å². The van der Waals surface area contributed by atoms with Gasteiger partial charge in [0.15, 0.2) is 0 Å². The van der Waals surface area contributed by atoms with E-state index >= 15 is 0 Å². The first-order valence-corrected chi connectivity index (χ1v) is 12.7. The average Bonchev–Trinajstić information content (AvgIpc) is 2.62. The molecule has 1 saturated heterocycles. The van der Waals surface area contributed by atoms with Crippen LogP contribution in [-0.4, -0.2) is 15.2 Å². The van der Waals surface area contributed by atoms with E-state index in [2.05, 4.69) is 11.7 Å². The summed E-state index contributed by atoms with van der Waals surface area (Å²) in [5, 5.41) is 0. The quantitative estimate of drug-likeness (QED) is 0.501.